The van der Waals surface area contributed by atoms with Crippen LogP contribution in [0.2, 0.25) is 0 Å². The quantitative estimate of drug-likeness (QED) is 0.877. The van der Waals surface area contributed by atoms with Gasteiger partial charge in [0.1, 0.15) is 16.9 Å². The average molecular weight is 380 g/mol. The Morgan fingerprint density at radius 3 is 2.86 bits per heavy atom. The number of amides is 1. The number of anilines is 1. The van der Waals surface area contributed by atoms with Gasteiger partial charge < -0.3 is 9.84 Å². The minimum absolute atomic E-state index is 0.0268. The van der Waals surface area contributed by atoms with Crippen LogP contribution in [-0.2, 0) is 4.79 Å². The zero-order valence-electron chi connectivity index (χ0n) is 11.8. The number of nitrogens with zero attached hydrogens (tertiary/aromatic N) is 1. The van der Waals surface area contributed by atoms with Crippen molar-refractivity contribution in [3.63, 3.8) is 0 Å². The number of phenolic OH excluding ortho intramolecular Hbond substituents is 1. The molecule has 1 fully saturated rings. The fraction of sp³-hybridized carbons (Fsp3) is 0.188. The van der Waals surface area contributed by atoms with E-state index in [1.807, 2.05) is 24.3 Å². The van der Waals surface area contributed by atoms with Crippen molar-refractivity contribution in [1.82, 2.24) is 0 Å². The molecule has 2 aromatic rings. The molecule has 1 N–H and O–H groups in total. The van der Waals surface area contributed by atoms with Crippen molar-refractivity contribution in [2.75, 3.05) is 17.8 Å². The molecule has 0 radical (unpaired) electrons. The Hall–Kier alpha value is -1.66. The Balaban J connectivity index is 2.05. The standard InChI is InChI=1S/C16H14BrNO3S/c1-21-14-8-12(19)5-6-13(14)18-15(20)9-22-16(18)10-3-2-4-11(17)7-10/h2-8,16,19H,9H2,1H3. The number of phenols is 1. The van der Waals surface area contributed by atoms with Crippen LogP contribution in [0, 0.1) is 0 Å². The summed E-state index contributed by atoms with van der Waals surface area (Å²) in [6.45, 7) is 0. The highest BCUT2D eigenvalue weighted by Gasteiger charge is 2.35. The van der Waals surface area contributed by atoms with Crippen LogP contribution < -0.4 is 9.64 Å². The molecule has 0 bridgehead atoms. The Labute approximate surface area is 141 Å². The highest BCUT2D eigenvalue weighted by molar-refractivity contribution is 9.10. The van der Waals surface area contributed by atoms with Gasteiger partial charge in [0, 0.05) is 10.5 Å². The molecule has 1 atom stereocenters. The van der Waals surface area contributed by atoms with E-state index in [1.54, 1.807) is 28.8 Å². The smallest absolute Gasteiger partial charge is 0.238 e. The van der Waals surface area contributed by atoms with Gasteiger partial charge in [0.15, 0.2) is 0 Å². The average Bonchev–Trinajstić information content (AvgIpc) is 2.89. The zero-order chi connectivity index (χ0) is 15.7. The molecular formula is C16H14BrNO3S. The molecule has 1 heterocycles. The van der Waals surface area contributed by atoms with E-state index in [-0.39, 0.29) is 17.0 Å². The minimum Gasteiger partial charge on any atom is -0.508 e. The second-order valence-electron chi connectivity index (χ2n) is 4.84. The molecule has 22 heavy (non-hydrogen) atoms. The van der Waals surface area contributed by atoms with Gasteiger partial charge in [-0.15, -0.1) is 11.8 Å². The number of carbonyl (C=O) groups excluding carboxylic acids is 1. The van der Waals surface area contributed by atoms with E-state index in [4.69, 9.17) is 4.74 Å². The first kappa shape index (κ1) is 15.2. The van der Waals surface area contributed by atoms with Gasteiger partial charge in [0.05, 0.1) is 18.6 Å². The summed E-state index contributed by atoms with van der Waals surface area (Å²) >= 11 is 5.04. The van der Waals surface area contributed by atoms with E-state index >= 15 is 0 Å². The minimum atomic E-state index is -0.108. The number of hydrogen-bond acceptors (Lipinski definition) is 4. The molecule has 0 aliphatic carbocycles. The molecule has 1 saturated heterocycles. The number of thioether (sulfide) groups is 1. The molecule has 4 nitrogen and oxygen atoms in total. The van der Waals surface area contributed by atoms with Crippen molar-refractivity contribution in [2.45, 2.75) is 5.37 Å². The van der Waals surface area contributed by atoms with Crippen LogP contribution in [0.4, 0.5) is 5.69 Å². The number of carbonyl (C=O) groups is 1. The first-order valence-corrected chi connectivity index (χ1v) is 8.50. The van der Waals surface area contributed by atoms with Crippen molar-refractivity contribution < 1.29 is 14.6 Å². The molecule has 6 heteroatoms. The third-order valence-corrected chi connectivity index (χ3v) is 5.13. The SMILES string of the molecule is COc1cc(O)ccc1N1C(=O)CSC1c1cccc(Br)c1. The second-order valence-corrected chi connectivity index (χ2v) is 6.82. The van der Waals surface area contributed by atoms with E-state index in [0.29, 0.717) is 17.2 Å². The van der Waals surface area contributed by atoms with Gasteiger partial charge in [0.25, 0.3) is 0 Å². The largest absolute Gasteiger partial charge is 0.508 e. The lowest BCUT2D eigenvalue weighted by molar-refractivity contribution is -0.115. The van der Waals surface area contributed by atoms with Crippen molar-refractivity contribution in [2.24, 2.45) is 0 Å². The van der Waals surface area contributed by atoms with Gasteiger partial charge in [-0.1, -0.05) is 28.1 Å². The van der Waals surface area contributed by atoms with Gasteiger partial charge in [-0.2, -0.15) is 0 Å². The number of ether oxygens (including phenoxy) is 1. The van der Waals surface area contributed by atoms with Crippen LogP contribution in [0.3, 0.4) is 0 Å². The molecule has 0 saturated carbocycles. The van der Waals surface area contributed by atoms with Crippen LogP contribution in [-0.4, -0.2) is 23.9 Å². The Morgan fingerprint density at radius 2 is 2.14 bits per heavy atom. The summed E-state index contributed by atoms with van der Waals surface area (Å²) in [6.07, 6.45) is 0. The highest BCUT2D eigenvalue weighted by Crippen LogP contribution is 2.45. The third kappa shape index (κ3) is 2.80. The maximum atomic E-state index is 12.4. The van der Waals surface area contributed by atoms with Crippen LogP contribution in [0.15, 0.2) is 46.9 Å². The number of rotatable bonds is 3. The van der Waals surface area contributed by atoms with Gasteiger partial charge in [-0.05, 0) is 29.8 Å². The monoisotopic (exact) mass is 379 g/mol. The molecule has 1 aliphatic heterocycles. The summed E-state index contributed by atoms with van der Waals surface area (Å²) in [5.74, 6) is 1.04. The number of halogens is 1. The Morgan fingerprint density at radius 1 is 1.32 bits per heavy atom. The fourth-order valence-corrected chi connectivity index (χ4v) is 4.03. The van der Waals surface area contributed by atoms with Crippen molar-refractivity contribution in [1.29, 1.82) is 0 Å². The lowest BCUT2D eigenvalue weighted by Crippen LogP contribution is -2.28. The molecule has 1 amide bonds. The molecule has 0 aromatic heterocycles. The Bertz CT molecular complexity index is 722. The lowest BCUT2D eigenvalue weighted by atomic mass is 10.1. The number of methoxy groups -OCH3 is 1. The summed E-state index contributed by atoms with van der Waals surface area (Å²) in [6, 6.07) is 12.7. The van der Waals surface area contributed by atoms with Gasteiger partial charge in [-0.25, -0.2) is 0 Å². The predicted molar refractivity (Wildman–Crippen MR) is 91.5 cm³/mol. The maximum absolute atomic E-state index is 12.4. The topological polar surface area (TPSA) is 49.8 Å². The molecule has 1 aliphatic rings. The van der Waals surface area contributed by atoms with Crippen LogP contribution in [0.1, 0.15) is 10.9 Å². The van der Waals surface area contributed by atoms with E-state index in [0.717, 1.165) is 10.0 Å². The number of hydrogen-bond donors (Lipinski definition) is 1. The molecule has 3 rings (SSSR count). The van der Waals surface area contributed by atoms with Crippen molar-refractivity contribution >= 4 is 39.3 Å². The summed E-state index contributed by atoms with van der Waals surface area (Å²) in [5, 5.41) is 9.49. The zero-order valence-corrected chi connectivity index (χ0v) is 14.2. The Kier molecular flexibility index (Phi) is 4.31. The van der Waals surface area contributed by atoms with Gasteiger partial charge in [0.2, 0.25) is 5.91 Å². The maximum Gasteiger partial charge on any atom is 0.238 e. The van der Waals surface area contributed by atoms with Crippen LogP contribution in [0.5, 0.6) is 11.5 Å². The summed E-state index contributed by atoms with van der Waals surface area (Å²) < 4.78 is 6.30. The van der Waals surface area contributed by atoms with E-state index in [2.05, 4.69) is 15.9 Å². The normalized spacial score (nSPS) is 17.8. The predicted octanol–water partition coefficient (Wildman–Crippen LogP) is 3.94. The molecule has 1 unspecified atom stereocenters. The van der Waals surface area contributed by atoms with E-state index < -0.39 is 0 Å². The van der Waals surface area contributed by atoms with E-state index in [1.165, 1.54) is 13.2 Å². The van der Waals surface area contributed by atoms with Crippen molar-refractivity contribution in [3.8, 4) is 11.5 Å². The van der Waals surface area contributed by atoms with Crippen molar-refractivity contribution in [3.05, 3.63) is 52.5 Å². The molecule has 114 valence electrons. The van der Waals surface area contributed by atoms with Gasteiger partial charge >= 0.3 is 0 Å². The lowest BCUT2D eigenvalue weighted by Gasteiger charge is -2.26. The van der Waals surface area contributed by atoms with Crippen LogP contribution in [0.25, 0.3) is 0 Å². The molecule has 0 spiro atoms. The van der Waals surface area contributed by atoms with Gasteiger partial charge in [-0.3, -0.25) is 9.69 Å². The summed E-state index contributed by atoms with van der Waals surface area (Å²) in [4.78, 5) is 14.1. The molecular weight excluding hydrogens is 366 g/mol. The highest BCUT2D eigenvalue weighted by atomic mass is 79.9. The number of benzene rings is 2. The number of aromatic hydroxyl groups is 1. The van der Waals surface area contributed by atoms with E-state index in [9.17, 15) is 9.90 Å². The van der Waals surface area contributed by atoms with Crippen LogP contribution >= 0.6 is 27.7 Å². The fourth-order valence-electron chi connectivity index (χ4n) is 2.46. The first-order chi connectivity index (χ1) is 10.6. The summed E-state index contributed by atoms with van der Waals surface area (Å²) in [7, 11) is 1.53. The first-order valence-electron chi connectivity index (χ1n) is 6.66. The second kappa shape index (κ2) is 6.22. The molecule has 2 aromatic carbocycles. The summed E-state index contributed by atoms with van der Waals surface area (Å²) in [5.41, 5.74) is 1.71. The third-order valence-electron chi connectivity index (χ3n) is 3.42.